The van der Waals surface area contributed by atoms with Crippen LogP contribution in [0.4, 0.5) is 0 Å². The fourth-order valence-corrected chi connectivity index (χ4v) is 2.28. The predicted octanol–water partition coefficient (Wildman–Crippen LogP) is -0.514. The van der Waals surface area contributed by atoms with Crippen LogP contribution in [-0.2, 0) is 16.8 Å². The Morgan fingerprint density at radius 2 is 2.15 bits per heavy atom. The molecule has 1 rings (SSSR count). The van der Waals surface area contributed by atoms with Gasteiger partial charge in [0.1, 0.15) is 0 Å². The van der Waals surface area contributed by atoms with Crippen molar-refractivity contribution in [2.24, 2.45) is 0 Å². The minimum Gasteiger partial charge on any atom is -0.772 e. The molecular weight excluding hydrogens is 286 g/mol. The molecule has 0 heterocycles. The van der Waals surface area contributed by atoms with Gasteiger partial charge in [-0.15, -0.1) is 0 Å². The maximum Gasteiger partial charge on any atom is 1.00 e. The summed E-state index contributed by atoms with van der Waals surface area (Å²) < 4.78 is 21.4. The summed E-state index contributed by atoms with van der Waals surface area (Å²) >= 11 is 6.83. The van der Waals surface area contributed by atoms with Crippen molar-refractivity contribution in [1.29, 1.82) is 0 Å². The molecule has 2 nitrogen and oxygen atoms in total. The van der Waals surface area contributed by atoms with Crippen LogP contribution in [-0.4, -0.2) is 8.76 Å². The van der Waals surface area contributed by atoms with E-state index in [4.69, 9.17) is 11.6 Å². The summed E-state index contributed by atoms with van der Waals surface area (Å²) in [7, 11) is 0. The topological polar surface area (TPSA) is 40.1 Å². The van der Waals surface area contributed by atoms with Gasteiger partial charge in [-0.25, -0.2) is 0 Å². The van der Waals surface area contributed by atoms with Gasteiger partial charge in [0, 0.05) is 15.2 Å². The van der Waals surface area contributed by atoms with Gasteiger partial charge in [0.2, 0.25) is 0 Å². The van der Waals surface area contributed by atoms with Crippen LogP contribution in [0.1, 0.15) is 5.56 Å². The van der Waals surface area contributed by atoms with E-state index in [1.54, 1.807) is 18.2 Å². The molecule has 0 aromatic heterocycles. The average Bonchev–Trinajstić information content (AvgIpc) is 1.94. The zero-order valence-corrected chi connectivity index (χ0v) is 12.1. The van der Waals surface area contributed by atoms with E-state index >= 15 is 0 Å². The molecule has 0 fully saturated rings. The van der Waals surface area contributed by atoms with Crippen molar-refractivity contribution < 1.29 is 38.3 Å². The zero-order chi connectivity index (χ0) is 9.14. The number of benzene rings is 1. The summed E-state index contributed by atoms with van der Waals surface area (Å²) in [5, 5.41) is 0.585. The average molecular weight is 292 g/mol. The van der Waals surface area contributed by atoms with Crippen LogP contribution in [0.25, 0.3) is 0 Å². The standard InChI is InChI=1S/C7H6BrClO2S.Na/c8-7-3-6(9)2-1-5(7)4-12(10)11;/h1-3H,4H2,(H,10,11);/q;+1/p-1. The quantitative estimate of drug-likeness (QED) is 0.544. The van der Waals surface area contributed by atoms with Crippen molar-refractivity contribution in [2.45, 2.75) is 5.75 Å². The van der Waals surface area contributed by atoms with Crippen LogP contribution in [0.5, 0.6) is 0 Å². The fourth-order valence-electron chi connectivity index (χ4n) is 0.766. The molecule has 1 atom stereocenters. The minimum atomic E-state index is -2.06. The van der Waals surface area contributed by atoms with Crippen LogP contribution < -0.4 is 29.6 Å². The van der Waals surface area contributed by atoms with E-state index in [9.17, 15) is 8.76 Å². The van der Waals surface area contributed by atoms with Gasteiger partial charge in [-0.3, -0.25) is 4.21 Å². The first-order valence-electron chi connectivity index (χ1n) is 3.09. The Hall–Kier alpha value is 1.10. The molecular formula is C7H5BrClNaO2S. The van der Waals surface area contributed by atoms with E-state index in [-0.39, 0.29) is 35.3 Å². The van der Waals surface area contributed by atoms with Crippen LogP contribution in [0.2, 0.25) is 5.02 Å². The first-order chi connectivity index (χ1) is 5.59. The molecule has 1 aromatic rings. The second kappa shape index (κ2) is 6.56. The van der Waals surface area contributed by atoms with E-state index < -0.39 is 11.1 Å². The smallest absolute Gasteiger partial charge is 0.772 e. The first-order valence-corrected chi connectivity index (χ1v) is 5.51. The van der Waals surface area contributed by atoms with E-state index in [1.165, 1.54) is 0 Å². The monoisotopic (exact) mass is 290 g/mol. The molecule has 0 aliphatic rings. The molecule has 66 valence electrons. The van der Waals surface area contributed by atoms with Crippen molar-refractivity contribution in [2.75, 3.05) is 0 Å². The summed E-state index contributed by atoms with van der Waals surface area (Å²) in [6.45, 7) is 0. The molecule has 0 saturated heterocycles. The Labute approximate surface area is 115 Å². The largest absolute Gasteiger partial charge is 1.00 e. The third kappa shape index (κ3) is 4.93. The predicted molar refractivity (Wildman–Crippen MR) is 51.8 cm³/mol. The summed E-state index contributed by atoms with van der Waals surface area (Å²) in [4.78, 5) is 0. The summed E-state index contributed by atoms with van der Waals surface area (Å²) in [6.07, 6.45) is 0. The van der Waals surface area contributed by atoms with E-state index in [1.807, 2.05) is 0 Å². The fraction of sp³-hybridized carbons (Fsp3) is 0.143. The molecule has 13 heavy (non-hydrogen) atoms. The van der Waals surface area contributed by atoms with Gasteiger partial charge >= 0.3 is 29.6 Å². The van der Waals surface area contributed by atoms with Crippen molar-refractivity contribution >= 4 is 38.6 Å². The Morgan fingerprint density at radius 3 is 2.62 bits per heavy atom. The number of halogens is 2. The minimum absolute atomic E-state index is 0. The molecule has 6 heteroatoms. The second-order valence-corrected chi connectivity index (χ2v) is 4.37. The molecule has 0 saturated carbocycles. The van der Waals surface area contributed by atoms with Crippen molar-refractivity contribution in [3.05, 3.63) is 33.3 Å². The molecule has 0 spiro atoms. The Bertz CT molecular complexity index is 321. The molecule has 0 aliphatic heterocycles. The number of hydrogen-bond acceptors (Lipinski definition) is 2. The Balaban J connectivity index is 0.00000144. The third-order valence-corrected chi connectivity index (χ3v) is 2.81. The van der Waals surface area contributed by atoms with Gasteiger partial charge in [-0.1, -0.05) is 44.7 Å². The molecule has 1 aromatic carbocycles. The molecule has 0 bridgehead atoms. The zero-order valence-electron chi connectivity index (χ0n) is 6.92. The molecule has 0 aliphatic carbocycles. The van der Waals surface area contributed by atoms with Gasteiger partial charge in [-0.2, -0.15) is 0 Å². The van der Waals surface area contributed by atoms with Gasteiger partial charge in [0.15, 0.2) is 0 Å². The van der Waals surface area contributed by atoms with Crippen LogP contribution in [0.15, 0.2) is 22.7 Å². The second-order valence-electron chi connectivity index (χ2n) is 2.18. The normalized spacial score (nSPS) is 11.9. The summed E-state index contributed by atoms with van der Waals surface area (Å²) in [5.41, 5.74) is 0.715. The molecule has 0 radical (unpaired) electrons. The first kappa shape index (κ1) is 14.1. The van der Waals surface area contributed by atoms with Gasteiger partial charge < -0.3 is 4.55 Å². The van der Waals surface area contributed by atoms with E-state index in [0.29, 0.717) is 10.6 Å². The van der Waals surface area contributed by atoms with Crippen molar-refractivity contribution in [3.8, 4) is 0 Å². The van der Waals surface area contributed by atoms with Crippen LogP contribution >= 0.6 is 27.5 Å². The Kier molecular flexibility index (Phi) is 7.11. The van der Waals surface area contributed by atoms with Crippen molar-refractivity contribution in [1.82, 2.24) is 0 Å². The number of rotatable bonds is 2. The summed E-state index contributed by atoms with van der Waals surface area (Å²) in [5.74, 6) is 0.0117. The van der Waals surface area contributed by atoms with Gasteiger partial charge in [-0.05, 0) is 17.7 Å². The van der Waals surface area contributed by atoms with Crippen LogP contribution in [0, 0.1) is 0 Å². The maximum absolute atomic E-state index is 10.4. The molecule has 0 N–H and O–H groups in total. The van der Waals surface area contributed by atoms with Gasteiger partial charge in [0.25, 0.3) is 0 Å². The summed E-state index contributed by atoms with van der Waals surface area (Å²) in [6, 6.07) is 5.01. The SMILES string of the molecule is O=S([O-])Cc1ccc(Cl)cc1Br.[Na+]. The Morgan fingerprint density at radius 1 is 1.54 bits per heavy atom. The maximum atomic E-state index is 10.4. The van der Waals surface area contributed by atoms with E-state index in [2.05, 4.69) is 15.9 Å². The molecule has 0 amide bonds. The van der Waals surface area contributed by atoms with Crippen molar-refractivity contribution in [3.63, 3.8) is 0 Å². The molecule has 1 unspecified atom stereocenters. The van der Waals surface area contributed by atoms with E-state index in [0.717, 1.165) is 4.47 Å². The number of hydrogen-bond donors (Lipinski definition) is 0. The van der Waals surface area contributed by atoms with Crippen LogP contribution in [0.3, 0.4) is 0 Å². The third-order valence-electron chi connectivity index (χ3n) is 1.29. The van der Waals surface area contributed by atoms with Gasteiger partial charge in [0.05, 0.1) is 0 Å².